The van der Waals surface area contributed by atoms with Gasteiger partial charge < -0.3 is 0 Å². The summed E-state index contributed by atoms with van der Waals surface area (Å²) in [7, 11) is -3.08. The smallest absolute Gasteiger partial charge is 0.205 e. The van der Waals surface area contributed by atoms with E-state index in [0.29, 0.717) is 0 Å². The molecule has 1 rings (SSSR count). The number of rotatable bonds is 0. The molecule has 3 nitrogen and oxygen atoms in total. The zero-order valence-corrected chi connectivity index (χ0v) is 6.27. The number of sulfonamides is 1. The third-order valence-electron chi connectivity index (χ3n) is 1.12. The highest BCUT2D eigenvalue weighted by molar-refractivity contribution is 7.90. The van der Waals surface area contributed by atoms with E-state index in [4.69, 9.17) is 0 Å². The van der Waals surface area contributed by atoms with Crippen LogP contribution in [0, 0.1) is 5.41 Å². The van der Waals surface area contributed by atoms with Crippen LogP contribution in [-0.4, -0.2) is 20.4 Å². The van der Waals surface area contributed by atoms with Crippen molar-refractivity contribution in [3.05, 3.63) is 0 Å². The summed E-state index contributed by atoms with van der Waals surface area (Å²) >= 11 is 0. The van der Waals surface area contributed by atoms with Crippen molar-refractivity contribution in [3.63, 3.8) is 0 Å². The minimum Gasteiger partial charge on any atom is -0.205 e. The topological polar surface area (TPSA) is 46.5 Å². The second-order valence-corrected chi connectivity index (χ2v) is 4.61. The molecule has 0 radical (unpaired) electrons. The summed E-state index contributed by atoms with van der Waals surface area (Å²) in [4.78, 5) is 0. The predicted octanol–water partition coefficient (Wildman–Crippen LogP) is 0.427. The highest BCUT2D eigenvalue weighted by Gasteiger charge is 2.29. The van der Waals surface area contributed by atoms with Crippen LogP contribution < -0.4 is 0 Å². The average molecular weight is 147 g/mol. The third kappa shape index (κ3) is 1.51. The molecule has 0 N–H and O–H groups in total. The molecule has 1 aliphatic rings. The minimum absolute atomic E-state index is 0.153. The molecule has 0 saturated heterocycles. The van der Waals surface area contributed by atoms with Crippen molar-refractivity contribution in [2.24, 2.45) is 9.81 Å². The summed E-state index contributed by atoms with van der Waals surface area (Å²) in [6.07, 6.45) is 1.49. The lowest BCUT2D eigenvalue weighted by Crippen LogP contribution is -2.16. The van der Waals surface area contributed by atoms with Crippen LogP contribution in [0.3, 0.4) is 0 Å². The summed E-state index contributed by atoms with van der Waals surface area (Å²) in [6.45, 7) is 3.70. The fourth-order valence-corrected chi connectivity index (χ4v) is 2.30. The van der Waals surface area contributed by atoms with Gasteiger partial charge in [0.15, 0.2) is 0 Å². The molecular weight excluding hydrogens is 138 g/mol. The molecule has 0 fully saturated rings. The molecule has 0 bridgehead atoms. The van der Waals surface area contributed by atoms with Crippen LogP contribution in [0.15, 0.2) is 4.40 Å². The standard InChI is InChI=1S/C5H9NO2S/c1-5(2)3-6-9(7,8)4-5/h3H,4H2,1-2H3. The van der Waals surface area contributed by atoms with Gasteiger partial charge in [-0.1, -0.05) is 13.8 Å². The largest absolute Gasteiger partial charge is 0.253 e. The van der Waals surface area contributed by atoms with Gasteiger partial charge in [-0.3, -0.25) is 0 Å². The van der Waals surface area contributed by atoms with E-state index in [-0.39, 0.29) is 11.2 Å². The first-order valence-corrected chi connectivity index (χ1v) is 4.31. The molecule has 0 aromatic heterocycles. The van der Waals surface area contributed by atoms with E-state index in [1.165, 1.54) is 6.21 Å². The van der Waals surface area contributed by atoms with Crippen molar-refractivity contribution in [2.75, 3.05) is 5.75 Å². The highest BCUT2D eigenvalue weighted by atomic mass is 32.2. The number of hydrogen-bond acceptors (Lipinski definition) is 2. The van der Waals surface area contributed by atoms with Crippen molar-refractivity contribution in [2.45, 2.75) is 13.8 Å². The average Bonchev–Trinajstić information content (AvgIpc) is 1.78. The minimum atomic E-state index is -3.08. The molecule has 0 spiro atoms. The van der Waals surface area contributed by atoms with E-state index in [1.807, 2.05) is 13.8 Å². The zero-order valence-electron chi connectivity index (χ0n) is 5.46. The third-order valence-corrected chi connectivity index (χ3v) is 2.65. The summed E-state index contributed by atoms with van der Waals surface area (Å²) in [6, 6.07) is 0. The van der Waals surface area contributed by atoms with Crippen molar-refractivity contribution in [1.29, 1.82) is 0 Å². The Hall–Kier alpha value is -0.380. The molecular formula is C5H9NO2S. The lowest BCUT2D eigenvalue weighted by atomic mass is 9.99. The molecule has 0 saturated carbocycles. The second-order valence-electron chi connectivity index (χ2n) is 2.95. The van der Waals surface area contributed by atoms with E-state index in [2.05, 4.69) is 4.40 Å². The maximum atomic E-state index is 10.6. The van der Waals surface area contributed by atoms with Crippen molar-refractivity contribution >= 4 is 16.2 Å². The molecule has 1 heterocycles. The fraction of sp³-hybridized carbons (Fsp3) is 0.800. The Morgan fingerprint density at radius 2 is 2.11 bits per heavy atom. The molecule has 52 valence electrons. The van der Waals surface area contributed by atoms with Gasteiger partial charge in [0.25, 0.3) is 10.0 Å². The number of hydrogen-bond donors (Lipinski definition) is 0. The van der Waals surface area contributed by atoms with E-state index >= 15 is 0 Å². The monoisotopic (exact) mass is 147 g/mol. The normalized spacial score (nSPS) is 28.7. The predicted molar refractivity (Wildman–Crippen MR) is 36.1 cm³/mol. The van der Waals surface area contributed by atoms with Crippen LogP contribution in [0.5, 0.6) is 0 Å². The van der Waals surface area contributed by atoms with Gasteiger partial charge in [0.2, 0.25) is 0 Å². The van der Waals surface area contributed by atoms with Crippen molar-refractivity contribution < 1.29 is 8.42 Å². The molecule has 9 heavy (non-hydrogen) atoms. The lowest BCUT2D eigenvalue weighted by Gasteiger charge is -2.07. The van der Waals surface area contributed by atoms with Crippen LogP contribution in [-0.2, 0) is 10.0 Å². The fourth-order valence-electron chi connectivity index (χ4n) is 0.768. The van der Waals surface area contributed by atoms with Crippen LogP contribution in [0.25, 0.3) is 0 Å². The first-order valence-electron chi connectivity index (χ1n) is 2.71. The van der Waals surface area contributed by atoms with Gasteiger partial charge in [0, 0.05) is 11.6 Å². The Bertz CT molecular complexity index is 238. The van der Waals surface area contributed by atoms with Crippen LogP contribution in [0.2, 0.25) is 0 Å². The first-order chi connectivity index (χ1) is 3.91. The van der Waals surface area contributed by atoms with Gasteiger partial charge in [-0.25, -0.2) is 8.42 Å². The highest BCUT2D eigenvalue weighted by Crippen LogP contribution is 2.21. The summed E-state index contributed by atoms with van der Waals surface area (Å²) in [5.41, 5.74) is -0.251. The van der Waals surface area contributed by atoms with Gasteiger partial charge in [-0.05, 0) is 0 Å². The van der Waals surface area contributed by atoms with Gasteiger partial charge in [0.05, 0.1) is 5.75 Å². The maximum absolute atomic E-state index is 10.6. The van der Waals surface area contributed by atoms with Crippen molar-refractivity contribution in [1.82, 2.24) is 0 Å². The molecule has 0 aromatic rings. The van der Waals surface area contributed by atoms with E-state index < -0.39 is 10.0 Å². The van der Waals surface area contributed by atoms with Gasteiger partial charge in [-0.15, -0.1) is 0 Å². The summed E-state index contributed by atoms with van der Waals surface area (Å²) in [5.74, 6) is 0.153. The van der Waals surface area contributed by atoms with Crippen LogP contribution in [0.4, 0.5) is 0 Å². The summed E-state index contributed by atoms with van der Waals surface area (Å²) in [5, 5.41) is 0. The Labute approximate surface area is 54.8 Å². The molecule has 0 atom stereocenters. The van der Waals surface area contributed by atoms with E-state index in [0.717, 1.165) is 0 Å². The Kier molecular flexibility index (Phi) is 1.17. The molecule has 4 heteroatoms. The second kappa shape index (κ2) is 1.56. The van der Waals surface area contributed by atoms with Gasteiger partial charge >= 0.3 is 0 Å². The number of nitrogens with zero attached hydrogens (tertiary/aromatic N) is 1. The Morgan fingerprint density at radius 3 is 2.22 bits per heavy atom. The SMILES string of the molecule is CC1(C)C=NS(=O)(=O)C1. The molecule has 0 aliphatic carbocycles. The summed E-state index contributed by atoms with van der Waals surface area (Å²) < 4.78 is 24.7. The quantitative estimate of drug-likeness (QED) is 0.498. The molecule has 0 aromatic carbocycles. The lowest BCUT2D eigenvalue weighted by molar-refractivity contribution is 0.570. The Morgan fingerprint density at radius 1 is 1.56 bits per heavy atom. The van der Waals surface area contributed by atoms with Gasteiger partial charge in [-0.2, -0.15) is 4.40 Å². The van der Waals surface area contributed by atoms with E-state index in [9.17, 15) is 8.42 Å². The first kappa shape index (κ1) is 6.74. The molecule has 0 amide bonds. The maximum Gasteiger partial charge on any atom is 0.253 e. The zero-order chi connectivity index (χ0) is 7.12. The Balaban J connectivity index is 2.97. The van der Waals surface area contributed by atoms with Gasteiger partial charge in [0.1, 0.15) is 0 Å². The van der Waals surface area contributed by atoms with Crippen LogP contribution >= 0.6 is 0 Å². The van der Waals surface area contributed by atoms with Crippen molar-refractivity contribution in [3.8, 4) is 0 Å². The molecule has 1 aliphatic heterocycles. The van der Waals surface area contributed by atoms with Crippen LogP contribution in [0.1, 0.15) is 13.8 Å². The molecule has 0 unspecified atom stereocenters. The van der Waals surface area contributed by atoms with E-state index in [1.54, 1.807) is 0 Å².